The van der Waals surface area contributed by atoms with Gasteiger partial charge < -0.3 is 10.1 Å². The number of carbonyl (C=O) groups is 1. The molecule has 1 N–H and O–H groups in total. The average Bonchev–Trinajstić information content (AvgIpc) is 3.14. The number of hydrogen-bond donors (Lipinski definition) is 1. The minimum atomic E-state index is -0.223. The van der Waals surface area contributed by atoms with Crippen LogP contribution in [-0.4, -0.2) is 37.7 Å². The van der Waals surface area contributed by atoms with Gasteiger partial charge in [0, 0.05) is 30.1 Å². The lowest BCUT2D eigenvalue weighted by molar-refractivity contribution is 0.0950. The van der Waals surface area contributed by atoms with Gasteiger partial charge in [-0.15, -0.1) is 0 Å². The summed E-state index contributed by atoms with van der Waals surface area (Å²) in [5, 5.41) is 6.82. The standard InChI is InChI=1S/C15H14N6O2/c1-23-15-12(3-2-5-18-15)8-19-14(22)11-4-6-17-13(7-11)21-10-16-9-20-21/h2-7,9-10H,8H2,1H3,(H,19,22). The highest BCUT2D eigenvalue weighted by Crippen LogP contribution is 2.13. The molecule has 8 heteroatoms. The minimum absolute atomic E-state index is 0.223. The van der Waals surface area contributed by atoms with Crippen molar-refractivity contribution in [2.24, 2.45) is 0 Å². The van der Waals surface area contributed by atoms with E-state index in [1.807, 2.05) is 6.07 Å². The number of nitrogens with zero attached hydrogens (tertiary/aromatic N) is 5. The molecule has 3 heterocycles. The largest absolute Gasteiger partial charge is 0.481 e. The van der Waals surface area contributed by atoms with Crippen LogP contribution in [0.5, 0.6) is 5.88 Å². The van der Waals surface area contributed by atoms with E-state index in [1.54, 1.807) is 37.7 Å². The number of nitrogens with one attached hydrogen (secondary N) is 1. The zero-order chi connectivity index (χ0) is 16.1. The van der Waals surface area contributed by atoms with Crippen LogP contribution in [0.3, 0.4) is 0 Å². The molecule has 0 spiro atoms. The molecule has 0 saturated heterocycles. The van der Waals surface area contributed by atoms with Gasteiger partial charge in [0.15, 0.2) is 5.82 Å². The molecule has 0 aliphatic carbocycles. The topological polar surface area (TPSA) is 94.8 Å². The van der Waals surface area contributed by atoms with E-state index in [9.17, 15) is 4.79 Å². The van der Waals surface area contributed by atoms with Crippen molar-refractivity contribution in [1.82, 2.24) is 30.0 Å². The monoisotopic (exact) mass is 310 g/mol. The molecule has 0 radical (unpaired) electrons. The first-order valence-corrected chi connectivity index (χ1v) is 6.85. The maximum atomic E-state index is 12.3. The molecule has 0 bridgehead atoms. The fourth-order valence-corrected chi connectivity index (χ4v) is 2.03. The van der Waals surface area contributed by atoms with E-state index in [4.69, 9.17) is 4.74 Å². The highest BCUT2D eigenvalue weighted by Gasteiger charge is 2.10. The van der Waals surface area contributed by atoms with E-state index in [-0.39, 0.29) is 5.91 Å². The predicted molar refractivity (Wildman–Crippen MR) is 81.1 cm³/mol. The van der Waals surface area contributed by atoms with E-state index in [1.165, 1.54) is 17.3 Å². The number of hydrogen-bond acceptors (Lipinski definition) is 6. The maximum Gasteiger partial charge on any atom is 0.251 e. The zero-order valence-corrected chi connectivity index (χ0v) is 12.4. The molecule has 3 aromatic rings. The number of pyridine rings is 2. The molecule has 8 nitrogen and oxygen atoms in total. The van der Waals surface area contributed by atoms with Crippen LogP contribution in [0, 0.1) is 0 Å². The van der Waals surface area contributed by atoms with Gasteiger partial charge in [0.05, 0.1) is 7.11 Å². The normalized spacial score (nSPS) is 10.3. The molecule has 0 saturated carbocycles. The summed E-state index contributed by atoms with van der Waals surface area (Å²) in [6.07, 6.45) is 6.11. The second-order valence-electron chi connectivity index (χ2n) is 4.60. The Morgan fingerprint density at radius 3 is 3.00 bits per heavy atom. The first-order chi connectivity index (χ1) is 11.3. The summed E-state index contributed by atoms with van der Waals surface area (Å²) in [6.45, 7) is 0.316. The smallest absolute Gasteiger partial charge is 0.251 e. The molecule has 116 valence electrons. The fourth-order valence-electron chi connectivity index (χ4n) is 2.03. The van der Waals surface area contributed by atoms with Crippen molar-refractivity contribution in [3.05, 3.63) is 60.4 Å². The van der Waals surface area contributed by atoms with Gasteiger partial charge >= 0.3 is 0 Å². The maximum absolute atomic E-state index is 12.3. The van der Waals surface area contributed by atoms with Crippen LogP contribution in [0.15, 0.2) is 49.3 Å². The number of rotatable bonds is 5. The minimum Gasteiger partial charge on any atom is -0.481 e. The lowest BCUT2D eigenvalue weighted by atomic mass is 10.2. The third kappa shape index (κ3) is 3.31. The third-order valence-electron chi connectivity index (χ3n) is 3.14. The van der Waals surface area contributed by atoms with E-state index in [2.05, 4.69) is 25.4 Å². The summed E-state index contributed by atoms with van der Waals surface area (Å²) >= 11 is 0. The van der Waals surface area contributed by atoms with Crippen molar-refractivity contribution in [3.8, 4) is 11.7 Å². The first kappa shape index (κ1) is 14.6. The molecule has 23 heavy (non-hydrogen) atoms. The van der Waals surface area contributed by atoms with Gasteiger partial charge in [-0.2, -0.15) is 5.10 Å². The van der Waals surface area contributed by atoms with Gasteiger partial charge in [-0.05, 0) is 18.2 Å². The molecule has 3 rings (SSSR count). The SMILES string of the molecule is COc1ncccc1CNC(=O)c1ccnc(-n2cncn2)c1. The Morgan fingerprint density at radius 2 is 2.22 bits per heavy atom. The van der Waals surface area contributed by atoms with E-state index in [0.717, 1.165) is 5.56 Å². The second kappa shape index (κ2) is 6.65. The van der Waals surface area contributed by atoms with Crippen molar-refractivity contribution in [1.29, 1.82) is 0 Å². The Kier molecular flexibility index (Phi) is 4.23. The van der Waals surface area contributed by atoms with Gasteiger partial charge in [0.2, 0.25) is 5.88 Å². The van der Waals surface area contributed by atoms with Crippen molar-refractivity contribution in [2.45, 2.75) is 6.54 Å². The average molecular weight is 310 g/mol. The molecule has 0 atom stereocenters. The van der Waals surface area contributed by atoms with Crippen LogP contribution < -0.4 is 10.1 Å². The molecule has 0 aromatic carbocycles. The van der Waals surface area contributed by atoms with Crippen molar-refractivity contribution in [2.75, 3.05) is 7.11 Å². The Balaban J connectivity index is 1.72. The summed E-state index contributed by atoms with van der Waals surface area (Å²) in [5.41, 5.74) is 1.28. The van der Waals surface area contributed by atoms with Gasteiger partial charge in [-0.3, -0.25) is 4.79 Å². The van der Waals surface area contributed by atoms with Crippen LogP contribution in [0.2, 0.25) is 0 Å². The van der Waals surface area contributed by atoms with Crippen molar-refractivity contribution in [3.63, 3.8) is 0 Å². The van der Waals surface area contributed by atoms with Gasteiger partial charge in [-0.1, -0.05) is 6.07 Å². The third-order valence-corrected chi connectivity index (χ3v) is 3.14. The summed E-state index contributed by atoms with van der Waals surface area (Å²) < 4.78 is 6.65. The predicted octanol–water partition coefficient (Wildman–Crippen LogP) is 0.996. The van der Waals surface area contributed by atoms with Crippen LogP contribution >= 0.6 is 0 Å². The summed E-state index contributed by atoms with van der Waals surface area (Å²) in [6, 6.07) is 6.92. The lowest BCUT2D eigenvalue weighted by Crippen LogP contribution is -2.23. The zero-order valence-electron chi connectivity index (χ0n) is 12.4. The first-order valence-electron chi connectivity index (χ1n) is 6.85. The van der Waals surface area contributed by atoms with Crippen LogP contribution in [-0.2, 0) is 6.54 Å². The molecule has 0 aliphatic heterocycles. The van der Waals surface area contributed by atoms with Crippen LogP contribution in [0.4, 0.5) is 0 Å². The van der Waals surface area contributed by atoms with Crippen molar-refractivity contribution >= 4 is 5.91 Å². The molecule has 0 fully saturated rings. The highest BCUT2D eigenvalue weighted by atomic mass is 16.5. The number of carbonyl (C=O) groups excluding carboxylic acids is 1. The van der Waals surface area contributed by atoms with Gasteiger partial charge in [-0.25, -0.2) is 19.6 Å². The summed E-state index contributed by atoms with van der Waals surface area (Å²) in [7, 11) is 1.54. The summed E-state index contributed by atoms with van der Waals surface area (Å²) in [4.78, 5) is 24.4. The molecule has 0 unspecified atom stereocenters. The fraction of sp³-hybridized carbons (Fsp3) is 0.133. The van der Waals surface area contributed by atoms with Gasteiger partial charge in [0.25, 0.3) is 5.91 Å². The van der Waals surface area contributed by atoms with Crippen LogP contribution in [0.25, 0.3) is 5.82 Å². The number of ether oxygens (including phenoxy) is 1. The molecular weight excluding hydrogens is 296 g/mol. The Bertz CT molecular complexity index is 803. The van der Waals surface area contributed by atoms with E-state index in [0.29, 0.717) is 23.8 Å². The lowest BCUT2D eigenvalue weighted by Gasteiger charge is -2.09. The molecule has 0 aliphatic rings. The van der Waals surface area contributed by atoms with Crippen molar-refractivity contribution < 1.29 is 9.53 Å². The van der Waals surface area contributed by atoms with E-state index >= 15 is 0 Å². The second-order valence-corrected chi connectivity index (χ2v) is 4.60. The Hall–Kier alpha value is -3.29. The van der Waals surface area contributed by atoms with Crippen LogP contribution in [0.1, 0.15) is 15.9 Å². The number of amides is 1. The molecule has 1 amide bonds. The molecule has 3 aromatic heterocycles. The number of aromatic nitrogens is 5. The molecular formula is C15H14N6O2. The Labute approximate surface area is 132 Å². The quantitative estimate of drug-likeness (QED) is 0.755. The Morgan fingerprint density at radius 1 is 1.30 bits per heavy atom. The summed E-state index contributed by atoms with van der Waals surface area (Å²) in [5.74, 6) is 0.791. The number of methoxy groups -OCH3 is 1. The van der Waals surface area contributed by atoms with E-state index < -0.39 is 0 Å². The van der Waals surface area contributed by atoms with Gasteiger partial charge in [0.1, 0.15) is 12.7 Å². The highest BCUT2D eigenvalue weighted by molar-refractivity contribution is 5.94.